The van der Waals surface area contributed by atoms with Crippen molar-refractivity contribution in [2.75, 3.05) is 12.3 Å². The molecule has 1 amide bonds. The Morgan fingerprint density at radius 1 is 1.45 bits per heavy atom. The van der Waals surface area contributed by atoms with Gasteiger partial charge in [-0.3, -0.25) is 14.9 Å². The monoisotopic (exact) mass is 413 g/mol. The maximum atomic E-state index is 11.8. The molecule has 20 heavy (non-hydrogen) atoms. The van der Waals surface area contributed by atoms with E-state index in [0.29, 0.717) is 3.57 Å². The molecule has 0 unspecified atom stereocenters. The van der Waals surface area contributed by atoms with E-state index < -0.39 is 20.9 Å². The van der Waals surface area contributed by atoms with Gasteiger partial charge in [0.1, 0.15) is 0 Å². The summed E-state index contributed by atoms with van der Waals surface area (Å²) in [6.45, 7) is 0.119. The number of nitrogens with one attached hydrogen (secondary N) is 1. The number of nitrogens with two attached hydrogens (primary N) is 1. The van der Waals surface area contributed by atoms with Crippen LogP contribution in [0.2, 0.25) is 0 Å². The van der Waals surface area contributed by atoms with Crippen LogP contribution < -0.4 is 10.5 Å². The third-order valence-corrected chi connectivity index (χ3v) is 4.09. The van der Waals surface area contributed by atoms with E-state index >= 15 is 0 Å². The molecule has 0 saturated carbocycles. The second kappa shape index (κ2) is 6.95. The van der Waals surface area contributed by atoms with Crippen molar-refractivity contribution in [1.29, 1.82) is 0 Å². The first-order valence-electron chi connectivity index (χ1n) is 5.43. The van der Waals surface area contributed by atoms with E-state index in [2.05, 4.69) is 5.32 Å². The standard InChI is InChI=1S/C10H12IN3O5S/c11-9-3-2-7(14(16)17)6-8(9)10(15)13-4-1-5-20(12,18)19/h2-3,6H,1,4-5H2,(H,13,15)(H2,12,18,19). The van der Waals surface area contributed by atoms with E-state index in [4.69, 9.17) is 5.14 Å². The zero-order chi connectivity index (χ0) is 15.3. The lowest BCUT2D eigenvalue weighted by molar-refractivity contribution is -0.384. The molecule has 0 saturated heterocycles. The van der Waals surface area contributed by atoms with Crippen molar-refractivity contribution in [2.45, 2.75) is 6.42 Å². The van der Waals surface area contributed by atoms with Crippen LogP contribution in [0.1, 0.15) is 16.8 Å². The Balaban J connectivity index is 2.68. The number of carbonyl (C=O) groups is 1. The van der Waals surface area contributed by atoms with Gasteiger partial charge >= 0.3 is 0 Å². The zero-order valence-corrected chi connectivity index (χ0v) is 13.2. The van der Waals surface area contributed by atoms with Crippen LogP contribution in [-0.4, -0.2) is 31.5 Å². The maximum Gasteiger partial charge on any atom is 0.270 e. The number of carbonyl (C=O) groups excluding carboxylic acids is 1. The molecule has 1 rings (SSSR count). The van der Waals surface area contributed by atoms with Gasteiger partial charge in [0, 0.05) is 22.2 Å². The second-order valence-electron chi connectivity index (χ2n) is 3.90. The number of rotatable bonds is 6. The molecule has 1 aromatic rings. The van der Waals surface area contributed by atoms with Gasteiger partial charge in [-0.2, -0.15) is 0 Å². The van der Waals surface area contributed by atoms with Crippen molar-refractivity contribution in [1.82, 2.24) is 5.32 Å². The summed E-state index contributed by atoms with van der Waals surface area (Å²) in [5.41, 5.74) is -0.00416. The predicted octanol–water partition coefficient (Wildman–Crippen LogP) is 0.608. The van der Waals surface area contributed by atoms with Crippen molar-refractivity contribution in [3.05, 3.63) is 37.4 Å². The van der Waals surface area contributed by atoms with Gasteiger partial charge in [-0.15, -0.1) is 0 Å². The molecule has 8 nitrogen and oxygen atoms in total. The fraction of sp³-hybridized carbons (Fsp3) is 0.300. The van der Waals surface area contributed by atoms with Crippen LogP contribution in [-0.2, 0) is 10.0 Å². The van der Waals surface area contributed by atoms with Gasteiger partial charge in [-0.05, 0) is 35.1 Å². The highest BCUT2D eigenvalue weighted by Crippen LogP contribution is 2.19. The molecule has 1 aromatic carbocycles. The normalized spacial score (nSPS) is 11.1. The first-order chi connectivity index (χ1) is 9.20. The minimum atomic E-state index is -3.55. The molecule has 0 aromatic heterocycles. The Labute approximate surface area is 129 Å². The van der Waals surface area contributed by atoms with Crippen molar-refractivity contribution in [2.24, 2.45) is 5.14 Å². The van der Waals surface area contributed by atoms with Gasteiger partial charge < -0.3 is 5.32 Å². The number of halogens is 1. The van der Waals surface area contributed by atoms with Crippen LogP contribution >= 0.6 is 22.6 Å². The maximum absolute atomic E-state index is 11.8. The SMILES string of the molecule is NS(=O)(=O)CCCNC(=O)c1cc([N+](=O)[O-])ccc1I. The number of sulfonamides is 1. The van der Waals surface area contributed by atoms with Crippen LogP contribution in [0.3, 0.4) is 0 Å². The fourth-order valence-corrected chi connectivity index (χ4v) is 2.50. The number of amides is 1. The summed E-state index contributed by atoms with van der Waals surface area (Å²) in [4.78, 5) is 21.9. The van der Waals surface area contributed by atoms with Crippen LogP contribution in [0.15, 0.2) is 18.2 Å². The van der Waals surface area contributed by atoms with Crippen LogP contribution in [0, 0.1) is 13.7 Å². The summed E-state index contributed by atoms with van der Waals surface area (Å²) in [7, 11) is -3.55. The van der Waals surface area contributed by atoms with Crippen molar-refractivity contribution >= 4 is 44.2 Å². The third-order valence-electron chi connectivity index (χ3n) is 2.30. The van der Waals surface area contributed by atoms with Crippen LogP contribution in [0.5, 0.6) is 0 Å². The third kappa shape index (κ3) is 5.38. The molecule has 10 heteroatoms. The number of primary sulfonamides is 1. The molecule has 0 heterocycles. The van der Waals surface area contributed by atoms with Gasteiger partial charge in [0.25, 0.3) is 11.6 Å². The van der Waals surface area contributed by atoms with Gasteiger partial charge in [0.2, 0.25) is 10.0 Å². The Hall–Kier alpha value is -1.27. The Kier molecular flexibility index (Phi) is 5.83. The summed E-state index contributed by atoms with van der Waals surface area (Å²) in [6.07, 6.45) is 0.177. The van der Waals surface area contributed by atoms with E-state index in [1.807, 2.05) is 22.6 Å². The minimum absolute atomic E-state index is 0.119. The second-order valence-corrected chi connectivity index (χ2v) is 6.79. The molecule has 0 bridgehead atoms. The van der Waals surface area contributed by atoms with Crippen molar-refractivity contribution in [3.8, 4) is 0 Å². The van der Waals surface area contributed by atoms with E-state index in [1.54, 1.807) is 0 Å². The Bertz CT molecular complexity index is 632. The molecule has 0 aliphatic carbocycles. The van der Waals surface area contributed by atoms with E-state index in [-0.39, 0.29) is 30.0 Å². The molecule has 0 atom stereocenters. The molecule has 0 spiro atoms. The number of benzene rings is 1. The fourth-order valence-electron chi connectivity index (χ4n) is 1.37. The molecular formula is C10H12IN3O5S. The molecule has 0 aliphatic heterocycles. The van der Waals surface area contributed by atoms with Crippen molar-refractivity contribution in [3.63, 3.8) is 0 Å². The number of hydrogen-bond donors (Lipinski definition) is 2. The highest BCUT2D eigenvalue weighted by Gasteiger charge is 2.15. The Morgan fingerprint density at radius 3 is 2.65 bits per heavy atom. The van der Waals surface area contributed by atoms with Gasteiger partial charge in [0.15, 0.2) is 0 Å². The minimum Gasteiger partial charge on any atom is -0.352 e. The number of nitro benzene ring substituents is 1. The quantitative estimate of drug-likeness (QED) is 0.305. The van der Waals surface area contributed by atoms with Gasteiger partial charge in [0.05, 0.1) is 16.2 Å². The Morgan fingerprint density at radius 2 is 2.10 bits per heavy atom. The number of nitro groups is 1. The van der Waals surface area contributed by atoms with Gasteiger partial charge in [-0.1, -0.05) is 0 Å². The summed E-state index contributed by atoms with van der Waals surface area (Å²) < 4.78 is 22.0. The number of hydrogen-bond acceptors (Lipinski definition) is 5. The summed E-state index contributed by atoms with van der Waals surface area (Å²) in [6, 6.07) is 3.95. The molecular weight excluding hydrogens is 401 g/mol. The van der Waals surface area contributed by atoms with E-state index in [0.717, 1.165) is 0 Å². The summed E-state index contributed by atoms with van der Waals surface area (Å²) in [5.74, 6) is -0.730. The lowest BCUT2D eigenvalue weighted by Crippen LogP contribution is -2.27. The largest absolute Gasteiger partial charge is 0.352 e. The highest BCUT2D eigenvalue weighted by atomic mass is 127. The van der Waals surface area contributed by atoms with Crippen LogP contribution in [0.25, 0.3) is 0 Å². The zero-order valence-electron chi connectivity index (χ0n) is 10.2. The topological polar surface area (TPSA) is 132 Å². The smallest absolute Gasteiger partial charge is 0.270 e. The van der Waals surface area contributed by atoms with E-state index in [9.17, 15) is 23.3 Å². The molecule has 0 aliphatic rings. The summed E-state index contributed by atoms with van der Waals surface area (Å²) >= 11 is 1.89. The molecule has 110 valence electrons. The first kappa shape index (κ1) is 16.8. The first-order valence-corrected chi connectivity index (χ1v) is 8.23. The van der Waals surface area contributed by atoms with Crippen LogP contribution in [0.4, 0.5) is 5.69 Å². The number of nitrogens with zero attached hydrogens (tertiary/aromatic N) is 1. The highest BCUT2D eigenvalue weighted by molar-refractivity contribution is 14.1. The van der Waals surface area contributed by atoms with Gasteiger partial charge in [-0.25, -0.2) is 13.6 Å². The predicted molar refractivity (Wildman–Crippen MR) is 80.7 cm³/mol. The average molecular weight is 413 g/mol. The lowest BCUT2D eigenvalue weighted by atomic mass is 10.2. The molecule has 3 N–H and O–H groups in total. The van der Waals surface area contributed by atoms with Crippen molar-refractivity contribution < 1.29 is 18.1 Å². The number of non-ortho nitro benzene ring substituents is 1. The lowest BCUT2D eigenvalue weighted by Gasteiger charge is -2.06. The van der Waals surface area contributed by atoms with E-state index in [1.165, 1.54) is 18.2 Å². The molecule has 0 radical (unpaired) electrons. The average Bonchev–Trinajstić information content (AvgIpc) is 2.33. The molecule has 0 fully saturated rings. The summed E-state index contributed by atoms with van der Waals surface area (Å²) in [5, 5.41) is 18.0.